The zero-order valence-electron chi connectivity index (χ0n) is 13.6. The molecule has 0 aliphatic carbocycles. The predicted octanol–water partition coefficient (Wildman–Crippen LogP) is 2.20. The molecule has 0 aliphatic rings. The Morgan fingerprint density at radius 1 is 1.13 bits per heavy atom. The van der Waals surface area contributed by atoms with Crippen LogP contribution in [0.15, 0.2) is 24.3 Å². The average molecular weight is 322 g/mol. The molecule has 1 aromatic carbocycles. The molecule has 0 saturated carbocycles. The monoisotopic (exact) mass is 322 g/mol. The van der Waals surface area contributed by atoms with E-state index in [2.05, 4.69) is 12.2 Å². The molecular weight excluding hydrogens is 296 g/mol. The molecule has 6 nitrogen and oxygen atoms in total. The molecular formula is C17H26N2O4. The average Bonchev–Trinajstić information content (AvgIpc) is 2.55. The molecule has 0 fully saturated rings. The number of para-hydroxylation sites is 1. The normalized spacial score (nSPS) is 10.3. The van der Waals surface area contributed by atoms with Crippen LogP contribution in [0.1, 0.15) is 43.0 Å². The third-order valence-corrected chi connectivity index (χ3v) is 3.49. The lowest BCUT2D eigenvalue weighted by atomic mass is 10.1. The summed E-state index contributed by atoms with van der Waals surface area (Å²) in [6.07, 6.45) is 3.31. The summed E-state index contributed by atoms with van der Waals surface area (Å²) < 4.78 is 0. The number of aliphatic carboxylic acids is 1. The zero-order chi connectivity index (χ0) is 17.1. The second-order valence-corrected chi connectivity index (χ2v) is 5.37. The van der Waals surface area contributed by atoms with Gasteiger partial charge in [0, 0.05) is 25.4 Å². The Hall–Kier alpha value is -2.08. The van der Waals surface area contributed by atoms with Crippen molar-refractivity contribution in [3.05, 3.63) is 29.8 Å². The summed E-state index contributed by atoms with van der Waals surface area (Å²) in [4.78, 5) is 25.3. The number of benzene rings is 1. The van der Waals surface area contributed by atoms with E-state index in [9.17, 15) is 9.59 Å². The summed E-state index contributed by atoms with van der Waals surface area (Å²) in [6.45, 7) is 3.20. The molecule has 0 unspecified atom stereocenters. The van der Waals surface area contributed by atoms with Crippen LogP contribution in [-0.4, -0.2) is 53.2 Å². The quantitative estimate of drug-likeness (QED) is 0.543. The number of carboxylic acid groups (broad SMARTS) is 1. The first-order valence-electron chi connectivity index (χ1n) is 8.05. The van der Waals surface area contributed by atoms with Crippen LogP contribution in [0.5, 0.6) is 0 Å². The van der Waals surface area contributed by atoms with Crippen molar-refractivity contribution in [2.75, 3.05) is 31.6 Å². The van der Waals surface area contributed by atoms with Crippen molar-refractivity contribution in [3.8, 4) is 0 Å². The van der Waals surface area contributed by atoms with Gasteiger partial charge in [-0.05, 0) is 31.4 Å². The summed E-state index contributed by atoms with van der Waals surface area (Å²) >= 11 is 0. The van der Waals surface area contributed by atoms with Gasteiger partial charge in [0.1, 0.15) is 6.54 Å². The minimum absolute atomic E-state index is 0.107. The van der Waals surface area contributed by atoms with Crippen molar-refractivity contribution in [3.63, 3.8) is 0 Å². The predicted molar refractivity (Wildman–Crippen MR) is 89.7 cm³/mol. The number of carbonyl (C=O) groups is 2. The topological polar surface area (TPSA) is 89.9 Å². The fraction of sp³-hybridized carbons (Fsp3) is 0.529. The second kappa shape index (κ2) is 10.6. The van der Waals surface area contributed by atoms with Crippen LogP contribution >= 0.6 is 0 Å². The molecule has 6 heteroatoms. The van der Waals surface area contributed by atoms with Crippen LogP contribution in [0.3, 0.4) is 0 Å². The van der Waals surface area contributed by atoms with E-state index in [0.29, 0.717) is 30.8 Å². The van der Waals surface area contributed by atoms with Gasteiger partial charge in [-0.3, -0.25) is 9.59 Å². The minimum atomic E-state index is -0.974. The molecule has 0 aromatic heterocycles. The zero-order valence-corrected chi connectivity index (χ0v) is 13.6. The van der Waals surface area contributed by atoms with E-state index in [1.54, 1.807) is 29.2 Å². The van der Waals surface area contributed by atoms with Gasteiger partial charge in [-0.15, -0.1) is 0 Å². The number of aliphatic hydroxyl groups is 1. The molecule has 128 valence electrons. The molecule has 1 rings (SSSR count). The van der Waals surface area contributed by atoms with Crippen molar-refractivity contribution >= 4 is 17.6 Å². The van der Waals surface area contributed by atoms with Gasteiger partial charge in [-0.25, -0.2) is 0 Å². The van der Waals surface area contributed by atoms with Crippen LogP contribution in [0.25, 0.3) is 0 Å². The molecule has 0 aliphatic heterocycles. The molecule has 0 saturated heterocycles. The molecule has 0 heterocycles. The van der Waals surface area contributed by atoms with Crippen molar-refractivity contribution < 1.29 is 19.8 Å². The highest BCUT2D eigenvalue weighted by Gasteiger charge is 2.18. The van der Waals surface area contributed by atoms with E-state index < -0.39 is 5.97 Å². The van der Waals surface area contributed by atoms with Gasteiger partial charge in [0.15, 0.2) is 0 Å². The van der Waals surface area contributed by atoms with Gasteiger partial charge in [0.25, 0.3) is 5.91 Å². The maximum absolute atomic E-state index is 12.8. The maximum atomic E-state index is 12.8. The number of carboxylic acids is 1. The van der Waals surface area contributed by atoms with Crippen LogP contribution in [0.4, 0.5) is 5.69 Å². The number of aliphatic hydroxyl groups excluding tert-OH is 1. The van der Waals surface area contributed by atoms with E-state index in [1.807, 2.05) is 0 Å². The molecule has 0 bridgehead atoms. The van der Waals surface area contributed by atoms with Gasteiger partial charge >= 0.3 is 5.97 Å². The Bertz CT molecular complexity index is 505. The number of hydrogen-bond acceptors (Lipinski definition) is 4. The molecule has 23 heavy (non-hydrogen) atoms. The van der Waals surface area contributed by atoms with Crippen molar-refractivity contribution in [2.24, 2.45) is 0 Å². The highest BCUT2D eigenvalue weighted by atomic mass is 16.4. The molecule has 1 aromatic rings. The molecule has 0 atom stereocenters. The van der Waals surface area contributed by atoms with Gasteiger partial charge in [-0.1, -0.05) is 25.5 Å². The maximum Gasteiger partial charge on any atom is 0.322 e. The van der Waals surface area contributed by atoms with E-state index in [-0.39, 0.29) is 19.1 Å². The van der Waals surface area contributed by atoms with E-state index >= 15 is 0 Å². The Labute approximate surface area is 137 Å². The number of unbranched alkanes of at least 4 members (excludes halogenated alkanes) is 2. The smallest absolute Gasteiger partial charge is 0.322 e. The number of anilines is 1. The first-order chi connectivity index (χ1) is 11.1. The number of amides is 1. The summed E-state index contributed by atoms with van der Waals surface area (Å²) in [5, 5.41) is 20.5. The van der Waals surface area contributed by atoms with Gasteiger partial charge in [-0.2, -0.15) is 0 Å². The molecule has 0 spiro atoms. The lowest BCUT2D eigenvalue weighted by Gasteiger charge is -2.24. The van der Waals surface area contributed by atoms with Crippen molar-refractivity contribution in [2.45, 2.75) is 32.6 Å². The number of carbonyl (C=O) groups excluding carboxylic acids is 1. The van der Waals surface area contributed by atoms with Crippen molar-refractivity contribution in [1.82, 2.24) is 4.90 Å². The Morgan fingerprint density at radius 3 is 2.48 bits per heavy atom. The van der Waals surface area contributed by atoms with Crippen LogP contribution in [0, 0.1) is 0 Å². The van der Waals surface area contributed by atoms with Crippen LogP contribution < -0.4 is 5.32 Å². The Kier molecular flexibility index (Phi) is 8.75. The van der Waals surface area contributed by atoms with Gasteiger partial charge < -0.3 is 20.4 Å². The summed E-state index contributed by atoms with van der Waals surface area (Å²) in [5.74, 6) is -1.08. The lowest BCUT2D eigenvalue weighted by Crippen LogP contribution is -2.33. The Morgan fingerprint density at radius 2 is 1.83 bits per heavy atom. The first kappa shape index (κ1) is 19.0. The largest absolute Gasteiger partial charge is 0.480 e. The highest BCUT2D eigenvalue weighted by Crippen LogP contribution is 2.18. The van der Waals surface area contributed by atoms with Crippen LogP contribution in [0.2, 0.25) is 0 Å². The van der Waals surface area contributed by atoms with E-state index in [1.165, 1.54) is 0 Å². The van der Waals surface area contributed by atoms with E-state index in [4.69, 9.17) is 10.2 Å². The van der Waals surface area contributed by atoms with E-state index in [0.717, 1.165) is 19.3 Å². The third-order valence-electron chi connectivity index (χ3n) is 3.49. The van der Waals surface area contributed by atoms with Gasteiger partial charge in [0.05, 0.1) is 5.56 Å². The third kappa shape index (κ3) is 6.69. The minimum Gasteiger partial charge on any atom is -0.480 e. The molecule has 3 N–H and O–H groups in total. The summed E-state index contributed by atoms with van der Waals surface area (Å²) in [5.41, 5.74) is 1.01. The lowest BCUT2D eigenvalue weighted by molar-refractivity contribution is -0.134. The fourth-order valence-corrected chi connectivity index (χ4v) is 2.24. The summed E-state index contributed by atoms with van der Waals surface area (Å²) in [6, 6.07) is 6.95. The SMILES string of the molecule is CCCCN(CCCCO)C(=O)c1ccccc1NCC(=O)O. The first-order valence-corrected chi connectivity index (χ1v) is 8.05. The molecule has 0 radical (unpaired) electrons. The molecule has 1 amide bonds. The van der Waals surface area contributed by atoms with Gasteiger partial charge in [0.2, 0.25) is 0 Å². The second-order valence-electron chi connectivity index (χ2n) is 5.37. The number of rotatable bonds is 11. The fourth-order valence-electron chi connectivity index (χ4n) is 2.24. The van der Waals surface area contributed by atoms with Crippen LogP contribution in [-0.2, 0) is 4.79 Å². The summed E-state index contributed by atoms with van der Waals surface area (Å²) in [7, 11) is 0. The standard InChI is InChI=1S/C17H26N2O4/c1-2-3-10-19(11-6-7-12-20)17(23)14-8-4-5-9-15(14)18-13-16(21)22/h4-5,8-9,18,20H,2-3,6-7,10-13H2,1H3,(H,21,22). The van der Waals surface area contributed by atoms with Crippen molar-refractivity contribution in [1.29, 1.82) is 0 Å². The highest BCUT2D eigenvalue weighted by molar-refractivity contribution is 6.00. The Balaban J connectivity index is 2.86. The number of hydrogen-bond donors (Lipinski definition) is 3. The number of nitrogens with zero attached hydrogens (tertiary/aromatic N) is 1. The number of nitrogens with one attached hydrogen (secondary N) is 1.